The minimum absolute atomic E-state index is 0.179. The van der Waals surface area contributed by atoms with E-state index in [0.717, 1.165) is 5.76 Å². The molecule has 0 fully saturated rings. The summed E-state index contributed by atoms with van der Waals surface area (Å²) in [6.45, 7) is 2.05. The van der Waals surface area contributed by atoms with Crippen molar-refractivity contribution in [3.05, 3.63) is 36.3 Å². The number of hydrogen-bond donors (Lipinski definition) is 1. The van der Waals surface area contributed by atoms with Gasteiger partial charge in [-0.15, -0.1) is 0 Å². The Kier molecular flexibility index (Phi) is 3.40. The smallest absolute Gasteiger partial charge is 0.271 e. The van der Waals surface area contributed by atoms with Gasteiger partial charge in [-0.1, -0.05) is 19.1 Å². The molecule has 1 heterocycles. The molecular formula is C12H16O4S. The summed E-state index contributed by atoms with van der Waals surface area (Å²) in [5.74, 6) is 1.32. The van der Waals surface area contributed by atoms with Gasteiger partial charge in [-0.05, 0) is 30.4 Å². The van der Waals surface area contributed by atoms with Crippen LogP contribution in [0.25, 0.3) is 0 Å². The van der Waals surface area contributed by atoms with E-state index in [0.29, 0.717) is 12.8 Å². The fraction of sp³-hybridized carbons (Fsp3) is 0.500. The van der Waals surface area contributed by atoms with Gasteiger partial charge < -0.3 is 4.42 Å². The van der Waals surface area contributed by atoms with Crippen LogP contribution in [0.3, 0.4) is 0 Å². The second-order valence-corrected chi connectivity index (χ2v) is 6.21. The van der Waals surface area contributed by atoms with Crippen molar-refractivity contribution in [2.45, 2.75) is 25.0 Å². The van der Waals surface area contributed by atoms with Crippen LogP contribution in [-0.2, 0) is 16.5 Å². The summed E-state index contributed by atoms with van der Waals surface area (Å²) in [6, 6.07) is 3.70. The molecule has 3 atom stereocenters. The topological polar surface area (TPSA) is 67.5 Å². The molecule has 0 aliphatic heterocycles. The summed E-state index contributed by atoms with van der Waals surface area (Å²) >= 11 is 0. The molecule has 1 aromatic rings. The molecule has 0 saturated carbocycles. The molecule has 1 aliphatic carbocycles. The standard InChI is InChI=1S/C12H16O4S/c1-9-4-5-12(17(13,14)15)8-10(9)7-11-3-2-6-16-11/h2-6,9-10,12H,7-8H2,1H3,(H,13,14,15). The third-order valence-corrected chi connectivity index (χ3v) is 4.45. The van der Waals surface area contributed by atoms with Gasteiger partial charge in [0.15, 0.2) is 0 Å². The largest absolute Gasteiger partial charge is 0.469 e. The quantitative estimate of drug-likeness (QED) is 0.665. The van der Waals surface area contributed by atoms with Crippen LogP contribution < -0.4 is 0 Å². The summed E-state index contributed by atoms with van der Waals surface area (Å²) in [5.41, 5.74) is 0. The highest BCUT2D eigenvalue weighted by Gasteiger charge is 2.30. The number of allylic oxidation sites excluding steroid dienone is 1. The van der Waals surface area contributed by atoms with Crippen molar-refractivity contribution in [3.8, 4) is 0 Å². The lowest BCUT2D eigenvalue weighted by molar-refractivity contribution is 0.339. The monoisotopic (exact) mass is 256 g/mol. The molecule has 1 aromatic heterocycles. The summed E-state index contributed by atoms with van der Waals surface area (Å²) < 4.78 is 36.6. The molecule has 0 bridgehead atoms. The Hall–Kier alpha value is -1.07. The SMILES string of the molecule is CC1C=CC(S(=O)(=O)O)CC1Cc1ccco1. The van der Waals surface area contributed by atoms with Crippen LogP contribution in [0.4, 0.5) is 0 Å². The Morgan fingerprint density at radius 3 is 2.82 bits per heavy atom. The van der Waals surface area contributed by atoms with Gasteiger partial charge in [0.1, 0.15) is 11.0 Å². The van der Waals surface area contributed by atoms with Gasteiger partial charge in [-0.3, -0.25) is 4.55 Å². The van der Waals surface area contributed by atoms with E-state index in [-0.39, 0.29) is 11.8 Å². The first-order valence-electron chi connectivity index (χ1n) is 5.64. The molecule has 4 nitrogen and oxygen atoms in total. The van der Waals surface area contributed by atoms with Crippen molar-refractivity contribution in [1.82, 2.24) is 0 Å². The maximum Gasteiger partial charge on any atom is 0.271 e. The Bertz CT molecular complexity index is 487. The lowest BCUT2D eigenvalue weighted by Crippen LogP contribution is -2.29. The lowest BCUT2D eigenvalue weighted by Gasteiger charge is -2.27. The third kappa shape index (κ3) is 2.98. The van der Waals surface area contributed by atoms with Gasteiger partial charge in [-0.25, -0.2) is 0 Å². The van der Waals surface area contributed by atoms with Crippen molar-refractivity contribution < 1.29 is 17.4 Å². The van der Waals surface area contributed by atoms with Crippen LogP contribution in [0, 0.1) is 11.8 Å². The fourth-order valence-electron chi connectivity index (χ4n) is 2.23. The van der Waals surface area contributed by atoms with Crippen LogP contribution in [-0.4, -0.2) is 18.2 Å². The van der Waals surface area contributed by atoms with Crippen molar-refractivity contribution in [2.24, 2.45) is 11.8 Å². The molecule has 0 aromatic carbocycles. The van der Waals surface area contributed by atoms with E-state index >= 15 is 0 Å². The molecule has 0 saturated heterocycles. The van der Waals surface area contributed by atoms with E-state index in [2.05, 4.69) is 0 Å². The minimum Gasteiger partial charge on any atom is -0.469 e. The summed E-state index contributed by atoms with van der Waals surface area (Å²) in [5, 5.41) is -0.779. The Morgan fingerprint density at radius 2 is 2.24 bits per heavy atom. The normalized spacial score (nSPS) is 29.4. The maximum absolute atomic E-state index is 11.1. The highest BCUT2D eigenvalue weighted by molar-refractivity contribution is 7.86. The summed E-state index contributed by atoms with van der Waals surface area (Å²) in [4.78, 5) is 0. The molecule has 5 heteroatoms. The highest BCUT2D eigenvalue weighted by Crippen LogP contribution is 2.30. The van der Waals surface area contributed by atoms with Gasteiger partial charge >= 0.3 is 0 Å². The van der Waals surface area contributed by atoms with E-state index in [4.69, 9.17) is 8.97 Å². The van der Waals surface area contributed by atoms with Gasteiger partial charge in [0, 0.05) is 6.42 Å². The van der Waals surface area contributed by atoms with Crippen LogP contribution in [0.15, 0.2) is 35.0 Å². The van der Waals surface area contributed by atoms with E-state index in [1.165, 1.54) is 0 Å². The molecule has 94 valence electrons. The molecule has 2 rings (SSSR count). The number of rotatable bonds is 3. The van der Waals surface area contributed by atoms with E-state index in [1.807, 2.05) is 25.1 Å². The minimum atomic E-state index is -3.98. The second-order valence-electron chi connectivity index (χ2n) is 4.58. The summed E-state index contributed by atoms with van der Waals surface area (Å²) in [7, 11) is -3.98. The predicted molar refractivity (Wildman–Crippen MR) is 64.2 cm³/mol. The van der Waals surface area contributed by atoms with Crippen LogP contribution in [0.2, 0.25) is 0 Å². The average molecular weight is 256 g/mol. The first kappa shape index (κ1) is 12.4. The van der Waals surface area contributed by atoms with Crippen molar-refractivity contribution in [2.75, 3.05) is 0 Å². The molecule has 3 unspecified atom stereocenters. The van der Waals surface area contributed by atoms with E-state index < -0.39 is 15.4 Å². The maximum atomic E-state index is 11.1. The zero-order valence-electron chi connectivity index (χ0n) is 9.61. The van der Waals surface area contributed by atoms with E-state index in [9.17, 15) is 8.42 Å². The second kappa shape index (κ2) is 4.66. The first-order chi connectivity index (χ1) is 7.97. The fourth-order valence-corrected chi connectivity index (χ4v) is 3.00. The zero-order chi connectivity index (χ0) is 12.5. The predicted octanol–water partition coefficient (Wildman–Crippen LogP) is 2.29. The third-order valence-electron chi connectivity index (χ3n) is 3.33. The molecular weight excluding hydrogens is 240 g/mol. The Balaban J connectivity index is 2.11. The van der Waals surface area contributed by atoms with Gasteiger partial charge in [0.25, 0.3) is 10.1 Å². The molecule has 0 amide bonds. The number of hydrogen-bond acceptors (Lipinski definition) is 3. The van der Waals surface area contributed by atoms with E-state index in [1.54, 1.807) is 12.3 Å². The first-order valence-corrected chi connectivity index (χ1v) is 7.14. The highest BCUT2D eigenvalue weighted by atomic mass is 32.2. The zero-order valence-corrected chi connectivity index (χ0v) is 10.4. The molecule has 1 aliphatic rings. The molecule has 17 heavy (non-hydrogen) atoms. The van der Waals surface area contributed by atoms with Crippen molar-refractivity contribution in [3.63, 3.8) is 0 Å². The lowest BCUT2D eigenvalue weighted by atomic mass is 9.82. The van der Waals surface area contributed by atoms with Gasteiger partial charge in [0.2, 0.25) is 0 Å². The molecule has 0 radical (unpaired) electrons. The van der Waals surface area contributed by atoms with Crippen LogP contribution in [0.5, 0.6) is 0 Å². The van der Waals surface area contributed by atoms with Gasteiger partial charge in [0.05, 0.1) is 6.26 Å². The summed E-state index contributed by atoms with van der Waals surface area (Å²) in [6.07, 6.45) is 6.19. The van der Waals surface area contributed by atoms with Crippen molar-refractivity contribution >= 4 is 10.1 Å². The number of furan rings is 1. The Morgan fingerprint density at radius 1 is 1.47 bits per heavy atom. The molecule has 0 spiro atoms. The Labute approximate surface area is 101 Å². The van der Waals surface area contributed by atoms with Gasteiger partial charge in [-0.2, -0.15) is 8.42 Å². The van der Waals surface area contributed by atoms with Crippen LogP contribution >= 0.6 is 0 Å². The average Bonchev–Trinajstić information content (AvgIpc) is 2.72. The van der Waals surface area contributed by atoms with Crippen LogP contribution in [0.1, 0.15) is 19.1 Å². The molecule has 1 N–H and O–H groups in total. The van der Waals surface area contributed by atoms with Crippen molar-refractivity contribution in [1.29, 1.82) is 0 Å².